The fourth-order valence-electron chi connectivity index (χ4n) is 3.34. The van der Waals surface area contributed by atoms with E-state index in [4.69, 9.17) is 20.9 Å². The van der Waals surface area contributed by atoms with E-state index in [9.17, 15) is 4.79 Å². The lowest BCUT2D eigenvalue weighted by Crippen LogP contribution is -2.19. The van der Waals surface area contributed by atoms with Crippen LogP contribution in [0.15, 0.2) is 24.3 Å². The van der Waals surface area contributed by atoms with Crippen molar-refractivity contribution in [3.8, 4) is 11.5 Å². The van der Waals surface area contributed by atoms with Gasteiger partial charge in [-0.05, 0) is 37.1 Å². The van der Waals surface area contributed by atoms with E-state index in [1.165, 1.54) is 0 Å². The van der Waals surface area contributed by atoms with Crippen molar-refractivity contribution in [1.82, 2.24) is 0 Å². The number of ketones is 1. The number of methoxy groups -OCH3 is 2. The first-order valence-electron chi connectivity index (χ1n) is 8.64. The minimum atomic E-state index is -0.351. The number of benzene rings is 2. The Kier molecular flexibility index (Phi) is 5.80. The van der Waals surface area contributed by atoms with Crippen LogP contribution >= 0.6 is 0 Å². The highest BCUT2D eigenvalue weighted by molar-refractivity contribution is 5.93. The first-order chi connectivity index (χ1) is 12.2. The zero-order chi connectivity index (χ0) is 19.6. The third kappa shape index (κ3) is 3.34. The Balaban J connectivity index is 2.37. The maximum Gasteiger partial charge on any atom is 0.147 e. The molecule has 5 heteroatoms. The van der Waals surface area contributed by atoms with Crippen LogP contribution in [0.1, 0.15) is 47.9 Å². The van der Waals surface area contributed by atoms with Gasteiger partial charge in [0.05, 0.1) is 14.2 Å². The van der Waals surface area contributed by atoms with Gasteiger partial charge in [0.25, 0.3) is 0 Å². The number of rotatable bonds is 6. The van der Waals surface area contributed by atoms with E-state index < -0.39 is 0 Å². The molecule has 0 amide bonds. The van der Waals surface area contributed by atoms with Gasteiger partial charge >= 0.3 is 0 Å². The Morgan fingerprint density at radius 2 is 1.15 bits per heavy atom. The van der Waals surface area contributed by atoms with Crippen molar-refractivity contribution in [2.75, 3.05) is 25.7 Å². The predicted octanol–water partition coefficient (Wildman–Crippen LogP) is 3.96. The Morgan fingerprint density at radius 1 is 0.808 bits per heavy atom. The quantitative estimate of drug-likeness (QED) is 0.765. The lowest BCUT2D eigenvalue weighted by Gasteiger charge is -2.22. The molecule has 140 valence electrons. The van der Waals surface area contributed by atoms with Crippen molar-refractivity contribution in [2.24, 2.45) is 0 Å². The summed E-state index contributed by atoms with van der Waals surface area (Å²) in [6, 6.07) is 7.42. The summed E-state index contributed by atoms with van der Waals surface area (Å²) in [4.78, 5) is 13.1. The highest BCUT2D eigenvalue weighted by Crippen LogP contribution is 2.37. The first-order valence-corrected chi connectivity index (χ1v) is 8.64. The molecule has 2 atom stereocenters. The topological polar surface area (TPSA) is 87.6 Å². The monoisotopic (exact) mass is 356 g/mol. The van der Waals surface area contributed by atoms with Gasteiger partial charge in [-0.3, -0.25) is 4.79 Å². The normalized spacial score (nSPS) is 13.2. The standard InChI is InChI=1S/C21H28N2O3/c1-11(15-7-9-17(25-5)13(3)19(15)22)21(24)12(2)16-8-10-18(26-6)14(4)20(16)23/h7-12H,22-23H2,1-6H3. The van der Waals surface area contributed by atoms with Gasteiger partial charge in [0, 0.05) is 34.3 Å². The molecule has 0 aliphatic carbocycles. The zero-order valence-electron chi connectivity index (χ0n) is 16.3. The number of Topliss-reactive ketones (excluding diaryl/α,β-unsaturated/α-hetero) is 1. The van der Waals surface area contributed by atoms with Gasteiger partial charge in [-0.2, -0.15) is 0 Å². The molecule has 0 aliphatic heterocycles. The van der Waals surface area contributed by atoms with Crippen LogP contribution < -0.4 is 20.9 Å². The van der Waals surface area contributed by atoms with Crippen LogP contribution in [-0.4, -0.2) is 20.0 Å². The van der Waals surface area contributed by atoms with E-state index >= 15 is 0 Å². The first kappa shape index (κ1) is 19.6. The molecule has 2 rings (SSSR count). The number of carbonyl (C=O) groups excluding carboxylic acids is 1. The second-order valence-electron chi connectivity index (χ2n) is 6.64. The van der Waals surface area contributed by atoms with Crippen LogP contribution in [0.4, 0.5) is 11.4 Å². The summed E-state index contributed by atoms with van der Waals surface area (Å²) < 4.78 is 10.6. The van der Waals surface area contributed by atoms with Crippen molar-refractivity contribution < 1.29 is 14.3 Å². The predicted molar refractivity (Wildman–Crippen MR) is 106 cm³/mol. The van der Waals surface area contributed by atoms with E-state index in [1.807, 2.05) is 52.0 Å². The van der Waals surface area contributed by atoms with Crippen LogP contribution in [0.5, 0.6) is 11.5 Å². The van der Waals surface area contributed by atoms with Gasteiger partial charge in [0.2, 0.25) is 0 Å². The van der Waals surface area contributed by atoms with Gasteiger partial charge in [0.15, 0.2) is 0 Å². The molecular formula is C21H28N2O3. The average Bonchev–Trinajstić information content (AvgIpc) is 2.64. The molecular weight excluding hydrogens is 328 g/mol. The van der Waals surface area contributed by atoms with Gasteiger partial charge in [-0.15, -0.1) is 0 Å². The summed E-state index contributed by atoms with van der Waals surface area (Å²) in [7, 11) is 3.21. The van der Waals surface area contributed by atoms with Gasteiger partial charge in [0.1, 0.15) is 17.3 Å². The van der Waals surface area contributed by atoms with Gasteiger partial charge < -0.3 is 20.9 Å². The SMILES string of the molecule is COc1ccc(C(C)C(=O)C(C)c2ccc(OC)c(C)c2N)c(N)c1C. The molecule has 0 aliphatic rings. The molecule has 2 aromatic carbocycles. The summed E-state index contributed by atoms with van der Waals surface area (Å²) in [6.45, 7) is 7.54. The van der Waals surface area contributed by atoms with E-state index in [2.05, 4.69) is 0 Å². The van der Waals surface area contributed by atoms with Crippen LogP contribution in [0.25, 0.3) is 0 Å². The summed E-state index contributed by atoms with van der Waals surface area (Å²) in [6.07, 6.45) is 0. The molecule has 0 fully saturated rings. The minimum absolute atomic E-state index is 0.0672. The number of hydrogen-bond donors (Lipinski definition) is 2. The van der Waals surface area contributed by atoms with Gasteiger partial charge in [-0.25, -0.2) is 0 Å². The largest absolute Gasteiger partial charge is 0.496 e. The maximum absolute atomic E-state index is 13.1. The van der Waals surface area contributed by atoms with E-state index in [1.54, 1.807) is 14.2 Å². The van der Waals surface area contributed by atoms with E-state index in [0.717, 1.165) is 22.3 Å². The van der Waals surface area contributed by atoms with Crippen molar-refractivity contribution in [2.45, 2.75) is 39.5 Å². The molecule has 0 saturated carbocycles. The highest BCUT2D eigenvalue weighted by atomic mass is 16.5. The Bertz CT molecular complexity index is 763. The molecule has 5 nitrogen and oxygen atoms in total. The summed E-state index contributed by atoms with van der Waals surface area (Å²) in [5.41, 5.74) is 17.0. The molecule has 26 heavy (non-hydrogen) atoms. The van der Waals surface area contributed by atoms with Crippen molar-refractivity contribution in [3.05, 3.63) is 46.5 Å². The van der Waals surface area contributed by atoms with Crippen molar-refractivity contribution in [1.29, 1.82) is 0 Å². The summed E-state index contributed by atoms with van der Waals surface area (Å²) >= 11 is 0. The number of nitrogens with two attached hydrogens (primary N) is 2. The molecule has 4 N–H and O–H groups in total. The Labute approximate surface area is 155 Å². The fourth-order valence-corrected chi connectivity index (χ4v) is 3.34. The molecule has 0 aromatic heterocycles. The smallest absolute Gasteiger partial charge is 0.147 e. The lowest BCUT2D eigenvalue weighted by molar-refractivity contribution is -0.121. The van der Waals surface area contributed by atoms with Crippen LogP contribution in [0.3, 0.4) is 0 Å². The summed E-state index contributed by atoms with van der Waals surface area (Å²) in [5.74, 6) is 0.799. The van der Waals surface area contributed by atoms with Gasteiger partial charge in [-0.1, -0.05) is 26.0 Å². The third-order valence-electron chi connectivity index (χ3n) is 5.22. The van der Waals surface area contributed by atoms with Crippen LogP contribution in [0.2, 0.25) is 0 Å². The number of anilines is 2. The zero-order valence-corrected chi connectivity index (χ0v) is 16.3. The van der Waals surface area contributed by atoms with E-state index in [-0.39, 0.29) is 17.6 Å². The number of ether oxygens (including phenoxy) is 2. The molecule has 0 radical (unpaired) electrons. The summed E-state index contributed by atoms with van der Waals surface area (Å²) in [5, 5.41) is 0. The average molecular weight is 356 g/mol. The minimum Gasteiger partial charge on any atom is -0.496 e. The van der Waals surface area contributed by atoms with Crippen molar-refractivity contribution >= 4 is 17.2 Å². The number of nitrogen functional groups attached to an aromatic ring is 2. The number of hydrogen-bond acceptors (Lipinski definition) is 5. The van der Waals surface area contributed by atoms with E-state index in [0.29, 0.717) is 22.9 Å². The molecule has 0 heterocycles. The molecule has 2 aromatic rings. The lowest BCUT2D eigenvalue weighted by atomic mass is 9.83. The fraction of sp³-hybridized carbons (Fsp3) is 0.381. The molecule has 0 spiro atoms. The molecule has 0 bridgehead atoms. The Hall–Kier alpha value is -2.69. The number of carbonyl (C=O) groups is 1. The second kappa shape index (κ2) is 7.68. The Morgan fingerprint density at radius 3 is 1.46 bits per heavy atom. The molecule has 0 saturated heterocycles. The highest BCUT2D eigenvalue weighted by Gasteiger charge is 2.27. The second-order valence-corrected chi connectivity index (χ2v) is 6.64. The van der Waals surface area contributed by atoms with Crippen LogP contribution in [0, 0.1) is 13.8 Å². The third-order valence-corrected chi connectivity index (χ3v) is 5.22. The molecule has 2 unspecified atom stereocenters. The van der Waals surface area contributed by atoms with Crippen molar-refractivity contribution in [3.63, 3.8) is 0 Å². The van der Waals surface area contributed by atoms with Crippen LogP contribution in [-0.2, 0) is 4.79 Å². The maximum atomic E-state index is 13.1.